The Balaban J connectivity index is 1.96. The lowest BCUT2D eigenvalue weighted by Gasteiger charge is -2.35. The van der Waals surface area contributed by atoms with Crippen LogP contribution in [0.3, 0.4) is 0 Å². The van der Waals surface area contributed by atoms with Gasteiger partial charge in [-0.2, -0.15) is 0 Å². The number of fused-ring (bicyclic) bond motifs is 2. The maximum atomic E-state index is 3.57. The number of nitrogens with zero attached hydrogens (tertiary/aromatic N) is 2. The van der Waals surface area contributed by atoms with Crippen molar-refractivity contribution < 1.29 is 0 Å². The number of hydrogen-bond donors (Lipinski definition) is 1. The Morgan fingerprint density at radius 2 is 1.46 bits per heavy atom. The van der Waals surface area contributed by atoms with E-state index in [2.05, 4.69) is 103 Å². The molecule has 120 valence electrons. The van der Waals surface area contributed by atoms with Crippen molar-refractivity contribution in [2.45, 2.75) is 6.92 Å². The normalized spacial score (nSPS) is 12.2. The van der Waals surface area contributed by atoms with Gasteiger partial charge in [0.25, 0.3) is 0 Å². The van der Waals surface area contributed by atoms with Gasteiger partial charge in [0.1, 0.15) is 0 Å². The molecule has 24 heavy (non-hydrogen) atoms. The Hall–Kier alpha value is -2.94. The highest BCUT2D eigenvalue weighted by atomic mass is 15.2. The predicted octanol–water partition coefficient (Wildman–Crippen LogP) is 5.59. The summed E-state index contributed by atoms with van der Waals surface area (Å²) in [5.74, 6) is 0. The van der Waals surface area contributed by atoms with Crippen LogP contribution in [0.4, 0.5) is 34.1 Å². The zero-order valence-corrected chi connectivity index (χ0v) is 14.2. The molecular formula is C21H21N3. The van der Waals surface area contributed by atoms with E-state index in [1.54, 1.807) is 0 Å². The van der Waals surface area contributed by atoms with Crippen molar-refractivity contribution in [1.82, 2.24) is 0 Å². The molecule has 3 aromatic carbocycles. The number of para-hydroxylation sites is 1. The summed E-state index contributed by atoms with van der Waals surface area (Å²) in [6.45, 7) is 2.13. The van der Waals surface area contributed by atoms with E-state index >= 15 is 0 Å². The van der Waals surface area contributed by atoms with Gasteiger partial charge in [0.15, 0.2) is 0 Å². The predicted molar refractivity (Wildman–Crippen MR) is 103 cm³/mol. The number of rotatable bonds is 2. The van der Waals surface area contributed by atoms with Crippen molar-refractivity contribution in [2.24, 2.45) is 0 Å². The molecule has 0 atom stereocenters. The van der Waals surface area contributed by atoms with Crippen LogP contribution >= 0.6 is 0 Å². The van der Waals surface area contributed by atoms with Gasteiger partial charge in [-0.1, -0.05) is 24.3 Å². The highest BCUT2D eigenvalue weighted by Crippen LogP contribution is 2.48. The standard InChI is InChI=1S/C21H21N3/c1-15-9-11-18-20(13-15)24(16-7-5-4-6-8-16)21-14-17(23(2)3)10-12-19(21)22-18/h4-14,22H,1-3H3. The third kappa shape index (κ3) is 2.38. The van der Waals surface area contributed by atoms with E-state index in [9.17, 15) is 0 Å². The minimum absolute atomic E-state index is 1.13. The van der Waals surface area contributed by atoms with Gasteiger partial charge in [-0.05, 0) is 55.0 Å². The topological polar surface area (TPSA) is 18.5 Å². The highest BCUT2D eigenvalue weighted by Gasteiger charge is 2.24. The van der Waals surface area contributed by atoms with Crippen molar-refractivity contribution >= 4 is 34.1 Å². The van der Waals surface area contributed by atoms with Gasteiger partial charge in [-0.3, -0.25) is 0 Å². The maximum Gasteiger partial charge on any atom is 0.0718 e. The molecule has 0 radical (unpaired) electrons. The van der Waals surface area contributed by atoms with Crippen LogP contribution in [0.1, 0.15) is 5.56 Å². The summed E-state index contributed by atoms with van der Waals surface area (Å²) in [7, 11) is 4.14. The molecule has 1 aliphatic heterocycles. The summed E-state index contributed by atoms with van der Waals surface area (Å²) in [5, 5.41) is 3.57. The first-order chi connectivity index (χ1) is 11.6. The molecule has 0 unspecified atom stereocenters. The molecule has 4 rings (SSSR count). The average molecular weight is 315 g/mol. The third-order valence-electron chi connectivity index (χ3n) is 4.42. The zero-order valence-electron chi connectivity index (χ0n) is 14.2. The molecule has 0 fully saturated rings. The van der Waals surface area contributed by atoms with E-state index < -0.39 is 0 Å². The molecule has 0 aromatic heterocycles. The summed E-state index contributed by atoms with van der Waals surface area (Å²) in [6, 6.07) is 23.6. The number of benzene rings is 3. The van der Waals surface area contributed by atoms with Gasteiger partial charge in [0.05, 0.1) is 22.7 Å². The van der Waals surface area contributed by atoms with Gasteiger partial charge < -0.3 is 15.1 Å². The number of nitrogens with one attached hydrogen (secondary N) is 1. The van der Waals surface area contributed by atoms with Crippen LogP contribution in [0, 0.1) is 6.92 Å². The Bertz CT molecular complexity index is 885. The monoisotopic (exact) mass is 315 g/mol. The quantitative estimate of drug-likeness (QED) is 0.520. The summed E-state index contributed by atoms with van der Waals surface area (Å²) in [5.41, 5.74) is 8.23. The minimum Gasteiger partial charge on any atom is -0.378 e. The van der Waals surface area contributed by atoms with Crippen LogP contribution in [0.15, 0.2) is 66.7 Å². The van der Waals surface area contributed by atoms with Crippen molar-refractivity contribution in [2.75, 3.05) is 29.2 Å². The fourth-order valence-corrected chi connectivity index (χ4v) is 3.15. The van der Waals surface area contributed by atoms with E-state index in [0.717, 1.165) is 11.4 Å². The SMILES string of the molecule is Cc1ccc2c(c1)N(c1ccccc1)c1cc(N(C)C)ccc1N2. The Labute approximate surface area is 143 Å². The molecule has 1 N–H and O–H groups in total. The van der Waals surface area contributed by atoms with E-state index in [1.165, 1.54) is 28.3 Å². The van der Waals surface area contributed by atoms with Crippen molar-refractivity contribution in [3.8, 4) is 0 Å². The van der Waals surface area contributed by atoms with Gasteiger partial charge in [-0.25, -0.2) is 0 Å². The summed E-state index contributed by atoms with van der Waals surface area (Å²) >= 11 is 0. The first-order valence-electron chi connectivity index (χ1n) is 8.18. The number of anilines is 6. The second-order valence-electron chi connectivity index (χ2n) is 6.41. The lowest BCUT2D eigenvalue weighted by molar-refractivity contribution is 1.13. The fourth-order valence-electron chi connectivity index (χ4n) is 3.15. The lowest BCUT2D eigenvalue weighted by atomic mass is 10.1. The van der Waals surface area contributed by atoms with Crippen LogP contribution in [0.2, 0.25) is 0 Å². The molecule has 3 nitrogen and oxygen atoms in total. The maximum absolute atomic E-state index is 3.57. The molecular weight excluding hydrogens is 294 g/mol. The Morgan fingerprint density at radius 1 is 0.792 bits per heavy atom. The fraction of sp³-hybridized carbons (Fsp3) is 0.143. The number of aryl methyl sites for hydroxylation is 1. The molecule has 1 aliphatic rings. The van der Waals surface area contributed by atoms with Gasteiger partial charge in [0.2, 0.25) is 0 Å². The zero-order chi connectivity index (χ0) is 16.7. The second-order valence-corrected chi connectivity index (χ2v) is 6.41. The Kier molecular flexibility index (Phi) is 3.42. The van der Waals surface area contributed by atoms with Crippen LogP contribution in [-0.4, -0.2) is 14.1 Å². The molecule has 0 bridgehead atoms. The van der Waals surface area contributed by atoms with E-state index in [1.807, 2.05) is 0 Å². The first kappa shape index (κ1) is 14.6. The third-order valence-corrected chi connectivity index (χ3v) is 4.42. The summed E-state index contributed by atoms with van der Waals surface area (Å²) < 4.78 is 0. The van der Waals surface area contributed by atoms with E-state index in [0.29, 0.717) is 0 Å². The van der Waals surface area contributed by atoms with Crippen LogP contribution in [0.5, 0.6) is 0 Å². The van der Waals surface area contributed by atoms with E-state index in [-0.39, 0.29) is 0 Å². The highest BCUT2D eigenvalue weighted by molar-refractivity contribution is 5.97. The first-order valence-corrected chi connectivity index (χ1v) is 8.18. The van der Waals surface area contributed by atoms with Crippen molar-refractivity contribution in [3.63, 3.8) is 0 Å². The van der Waals surface area contributed by atoms with Crippen LogP contribution in [0.25, 0.3) is 0 Å². The minimum atomic E-state index is 1.13. The van der Waals surface area contributed by atoms with Crippen molar-refractivity contribution in [3.05, 3.63) is 72.3 Å². The van der Waals surface area contributed by atoms with Crippen molar-refractivity contribution in [1.29, 1.82) is 0 Å². The van der Waals surface area contributed by atoms with E-state index in [4.69, 9.17) is 0 Å². The number of hydrogen-bond acceptors (Lipinski definition) is 3. The largest absolute Gasteiger partial charge is 0.378 e. The molecule has 0 amide bonds. The molecule has 3 aromatic rings. The smallest absolute Gasteiger partial charge is 0.0718 e. The molecule has 0 aliphatic carbocycles. The molecule has 0 saturated carbocycles. The Morgan fingerprint density at radius 3 is 2.17 bits per heavy atom. The van der Waals surface area contributed by atoms with Crippen LogP contribution in [-0.2, 0) is 0 Å². The molecule has 1 heterocycles. The second kappa shape index (κ2) is 5.60. The van der Waals surface area contributed by atoms with Crippen LogP contribution < -0.4 is 15.1 Å². The van der Waals surface area contributed by atoms with Gasteiger partial charge in [0, 0.05) is 25.5 Å². The summed E-state index contributed by atoms with van der Waals surface area (Å²) in [4.78, 5) is 4.47. The molecule has 0 spiro atoms. The van der Waals surface area contributed by atoms with Gasteiger partial charge in [-0.15, -0.1) is 0 Å². The molecule has 3 heteroatoms. The summed E-state index contributed by atoms with van der Waals surface area (Å²) in [6.07, 6.45) is 0. The average Bonchev–Trinajstić information content (AvgIpc) is 2.60. The van der Waals surface area contributed by atoms with Gasteiger partial charge >= 0.3 is 0 Å². The molecule has 0 saturated heterocycles. The lowest BCUT2D eigenvalue weighted by Crippen LogP contribution is -2.19.